The molecule has 3 nitrogen and oxygen atoms in total. The van der Waals surface area contributed by atoms with Crippen molar-refractivity contribution in [3.8, 4) is 0 Å². The molecule has 1 fully saturated rings. The third-order valence-corrected chi connectivity index (χ3v) is 3.31. The highest BCUT2D eigenvalue weighted by Gasteiger charge is 2.38. The molecular weight excluding hydrogens is 329 g/mol. The van der Waals surface area contributed by atoms with Gasteiger partial charge in [-0.3, -0.25) is 4.79 Å². The molecule has 17 heavy (non-hydrogen) atoms. The van der Waals surface area contributed by atoms with Crippen LogP contribution in [0, 0.1) is 5.41 Å². The Labute approximate surface area is 123 Å². The van der Waals surface area contributed by atoms with Gasteiger partial charge in [-0.25, -0.2) is 0 Å². The first-order valence-corrected chi connectivity index (χ1v) is 6.27. The van der Waals surface area contributed by atoms with Crippen LogP contribution in [0.25, 0.3) is 0 Å². The largest absolute Gasteiger partial charge is 1.00 e. The number of nitrogens with zero attached hydrogens (tertiary/aromatic N) is 1. The number of carbonyl (C=O) groups excluding carboxylic acids is 1. The summed E-state index contributed by atoms with van der Waals surface area (Å²) in [5.41, 5.74) is 0.224. The molecular formula is C13H26INO2. The Kier molecular flexibility index (Phi) is 6.99. The Bertz CT molecular complexity index is 242. The zero-order valence-electron chi connectivity index (χ0n) is 11.6. The summed E-state index contributed by atoms with van der Waals surface area (Å²) in [6.45, 7) is 3.21. The summed E-state index contributed by atoms with van der Waals surface area (Å²) in [5.74, 6) is -0.147. The van der Waals surface area contributed by atoms with Gasteiger partial charge in [0.25, 0.3) is 0 Å². The van der Waals surface area contributed by atoms with Crippen molar-refractivity contribution in [1.82, 2.24) is 0 Å². The number of ether oxygens (including phenoxy) is 1. The summed E-state index contributed by atoms with van der Waals surface area (Å²) in [6.07, 6.45) is 6.30. The van der Waals surface area contributed by atoms with Crippen molar-refractivity contribution >= 4 is 5.97 Å². The Morgan fingerprint density at radius 1 is 1.18 bits per heavy atom. The highest BCUT2D eigenvalue weighted by Crippen LogP contribution is 2.38. The second kappa shape index (κ2) is 6.92. The lowest BCUT2D eigenvalue weighted by Gasteiger charge is -2.41. The molecule has 0 unspecified atom stereocenters. The number of carbonyl (C=O) groups is 1. The average Bonchev–Trinajstić information content (AvgIpc) is 2.14. The zero-order chi connectivity index (χ0) is 12.2. The van der Waals surface area contributed by atoms with E-state index in [1.165, 1.54) is 39.0 Å². The standard InChI is InChI=1S/C13H26NO2.HI/c1-12(15)16-11-13(10-14(2,3)4)8-6-5-7-9-13;/h5-11H2,1-4H3;1H/q+1;/p-1. The number of quaternary nitrogens is 1. The molecule has 0 N–H and O–H groups in total. The van der Waals surface area contributed by atoms with E-state index < -0.39 is 0 Å². The van der Waals surface area contributed by atoms with Crippen LogP contribution in [0.3, 0.4) is 0 Å². The Hall–Kier alpha value is 0.160. The number of esters is 1. The van der Waals surface area contributed by atoms with Crippen LogP contribution >= 0.6 is 0 Å². The van der Waals surface area contributed by atoms with Gasteiger partial charge in [-0.05, 0) is 12.8 Å². The molecule has 0 atom stereocenters. The summed E-state index contributed by atoms with van der Waals surface area (Å²) in [7, 11) is 6.64. The molecule has 102 valence electrons. The molecule has 0 amide bonds. The molecule has 0 bridgehead atoms. The van der Waals surface area contributed by atoms with E-state index in [9.17, 15) is 4.79 Å². The van der Waals surface area contributed by atoms with E-state index in [-0.39, 0.29) is 35.4 Å². The minimum atomic E-state index is -0.147. The van der Waals surface area contributed by atoms with E-state index in [0.29, 0.717) is 6.61 Å². The van der Waals surface area contributed by atoms with Crippen LogP contribution in [0.2, 0.25) is 0 Å². The van der Waals surface area contributed by atoms with E-state index in [0.717, 1.165) is 11.0 Å². The second-order valence-electron chi connectivity index (χ2n) is 6.29. The van der Waals surface area contributed by atoms with Crippen LogP contribution in [0.4, 0.5) is 0 Å². The van der Waals surface area contributed by atoms with Gasteiger partial charge in [-0.2, -0.15) is 0 Å². The van der Waals surface area contributed by atoms with Crippen molar-refractivity contribution in [2.45, 2.75) is 39.0 Å². The normalized spacial score (nSPS) is 19.3. The van der Waals surface area contributed by atoms with Gasteiger partial charge in [0.15, 0.2) is 0 Å². The van der Waals surface area contributed by atoms with Crippen molar-refractivity contribution in [3.05, 3.63) is 0 Å². The highest BCUT2D eigenvalue weighted by molar-refractivity contribution is 5.65. The predicted molar refractivity (Wildman–Crippen MR) is 65.1 cm³/mol. The Morgan fingerprint density at radius 2 is 1.71 bits per heavy atom. The molecule has 0 spiro atoms. The lowest BCUT2D eigenvalue weighted by Crippen LogP contribution is -3.00. The van der Waals surface area contributed by atoms with E-state index in [4.69, 9.17) is 4.74 Å². The predicted octanol–water partition coefficient (Wildman–Crippen LogP) is -0.790. The third-order valence-electron chi connectivity index (χ3n) is 3.31. The van der Waals surface area contributed by atoms with Gasteiger partial charge in [-0.15, -0.1) is 0 Å². The molecule has 0 aromatic rings. The summed E-state index contributed by atoms with van der Waals surface area (Å²) >= 11 is 0. The molecule has 1 aliphatic carbocycles. The highest BCUT2D eigenvalue weighted by atomic mass is 127. The SMILES string of the molecule is CC(=O)OCC1(C[N+](C)(C)C)CCCCC1.[I-]. The minimum absolute atomic E-state index is 0. The maximum absolute atomic E-state index is 11.0. The van der Waals surface area contributed by atoms with Crippen molar-refractivity contribution in [2.24, 2.45) is 5.41 Å². The minimum Gasteiger partial charge on any atom is -1.00 e. The molecule has 0 aromatic carbocycles. The molecule has 1 aliphatic rings. The van der Waals surface area contributed by atoms with E-state index in [1.807, 2.05) is 0 Å². The number of hydrogen-bond acceptors (Lipinski definition) is 2. The molecule has 0 aromatic heterocycles. The van der Waals surface area contributed by atoms with Crippen LogP contribution in [0.15, 0.2) is 0 Å². The molecule has 4 heteroatoms. The van der Waals surface area contributed by atoms with Crippen LogP contribution in [0.1, 0.15) is 39.0 Å². The molecule has 1 saturated carbocycles. The fourth-order valence-electron chi connectivity index (χ4n) is 2.91. The number of rotatable bonds is 4. The summed E-state index contributed by atoms with van der Waals surface area (Å²) in [5, 5.41) is 0. The average molecular weight is 355 g/mol. The number of hydrogen-bond donors (Lipinski definition) is 0. The maximum Gasteiger partial charge on any atom is 0.302 e. The lowest BCUT2D eigenvalue weighted by molar-refractivity contribution is -0.877. The van der Waals surface area contributed by atoms with Crippen molar-refractivity contribution in [1.29, 1.82) is 0 Å². The molecule has 1 rings (SSSR count). The van der Waals surface area contributed by atoms with Gasteiger partial charge in [0.2, 0.25) is 0 Å². The Balaban J connectivity index is 0.00000256. The number of halogens is 1. The first-order chi connectivity index (χ1) is 7.33. The van der Waals surface area contributed by atoms with Crippen LogP contribution < -0.4 is 24.0 Å². The van der Waals surface area contributed by atoms with Gasteiger partial charge >= 0.3 is 5.97 Å². The van der Waals surface area contributed by atoms with Crippen LogP contribution in [0.5, 0.6) is 0 Å². The van der Waals surface area contributed by atoms with Crippen molar-refractivity contribution < 1.29 is 38.0 Å². The molecule has 0 aliphatic heterocycles. The van der Waals surface area contributed by atoms with Gasteiger partial charge in [0.1, 0.15) is 6.61 Å². The first kappa shape index (κ1) is 17.2. The van der Waals surface area contributed by atoms with Crippen molar-refractivity contribution in [3.63, 3.8) is 0 Å². The van der Waals surface area contributed by atoms with Gasteiger partial charge in [-0.1, -0.05) is 19.3 Å². The lowest BCUT2D eigenvalue weighted by atomic mass is 9.74. The fourth-order valence-corrected chi connectivity index (χ4v) is 2.91. The molecule has 0 radical (unpaired) electrons. The summed E-state index contributed by atoms with van der Waals surface area (Å²) in [6, 6.07) is 0. The first-order valence-electron chi connectivity index (χ1n) is 6.27. The second-order valence-corrected chi connectivity index (χ2v) is 6.29. The topological polar surface area (TPSA) is 26.3 Å². The summed E-state index contributed by atoms with van der Waals surface area (Å²) < 4.78 is 6.23. The van der Waals surface area contributed by atoms with E-state index >= 15 is 0 Å². The van der Waals surface area contributed by atoms with Gasteiger partial charge < -0.3 is 33.2 Å². The monoisotopic (exact) mass is 355 g/mol. The van der Waals surface area contributed by atoms with Crippen LogP contribution in [-0.2, 0) is 9.53 Å². The molecule has 0 saturated heterocycles. The quantitative estimate of drug-likeness (QED) is 0.376. The van der Waals surface area contributed by atoms with Crippen LogP contribution in [-0.4, -0.2) is 44.7 Å². The van der Waals surface area contributed by atoms with Gasteiger partial charge in [0.05, 0.1) is 33.1 Å². The summed E-state index contributed by atoms with van der Waals surface area (Å²) in [4.78, 5) is 11.0. The fraction of sp³-hybridized carbons (Fsp3) is 0.923. The smallest absolute Gasteiger partial charge is 0.302 e. The zero-order valence-corrected chi connectivity index (χ0v) is 13.7. The molecule has 0 heterocycles. The van der Waals surface area contributed by atoms with E-state index in [2.05, 4.69) is 21.1 Å². The van der Waals surface area contributed by atoms with Gasteiger partial charge in [0, 0.05) is 6.92 Å². The van der Waals surface area contributed by atoms with Crippen molar-refractivity contribution in [2.75, 3.05) is 34.3 Å². The third kappa shape index (κ3) is 6.60. The maximum atomic E-state index is 11.0. The van der Waals surface area contributed by atoms with E-state index in [1.54, 1.807) is 0 Å². The Morgan fingerprint density at radius 3 is 2.12 bits per heavy atom.